The first-order valence-corrected chi connectivity index (χ1v) is 4.93. The summed E-state index contributed by atoms with van der Waals surface area (Å²) in [6, 6.07) is 9.03. The Bertz CT molecular complexity index is 572. The highest BCUT2D eigenvalue weighted by atomic mass is 35.5. The lowest BCUT2D eigenvalue weighted by Crippen LogP contribution is -3.00. The molecule has 1 aromatic carbocycles. The summed E-state index contributed by atoms with van der Waals surface area (Å²) in [7, 11) is 0. The number of aromatic amines is 1. The number of anilines is 1. The lowest BCUT2D eigenvalue weighted by Gasteiger charge is -2.04. The van der Waals surface area contributed by atoms with E-state index in [9.17, 15) is 4.79 Å². The van der Waals surface area contributed by atoms with Gasteiger partial charge in [0.05, 0.1) is 11.3 Å². The molecule has 0 saturated carbocycles. The number of aromatic nitrogens is 1. The number of H-pyrrole nitrogens is 1. The largest absolute Gasteiger partial charge is 1.00 e. The average molecular weight is 249 g/mol. The number of benzene rings is 1. The van der Waals surface area contributed by atoms with E-state index < -0.39 is 0 Å². The van der Waals surface area contributed by atoms with Crippen LogP contribution in [-0.2, 0) is 0 Å². The molecule has 17 heavy (non-hydrogen) atoms. The summed E-state index contributed by atoms with van der Waals surface area (Å²) < 4.78 is 5.66. The minimum atomic E-state index is -0.158. The first-order chi connectivity index (χ1) is 7.84. The Morgan fingerprint density at radius 3 is 2.82 bits per heavy atom. The van der Waals surface area contributed by atoms with Crippen LogP contribution in [0.15, 0.2) is 42.7 Å². The smallest absolute Gasteiger partial charge is 0.260 e. The van der Waals surface area contributed by atoms with E-state index in [1.807, 2.05) is 24.3 Å². The van der Waals surface area contributed by atoms with Crippen molar-refractivity contribution in [1.29, 1.82) is 0 Å². The Kier molecular flexibility index (Phi) is 2.97. The van der Waals surface area contributed by atoms with E-state index in [4.69, 9.17) is 4.74 Å². The van der Waals surface area contributed by atoms with Gasteiger partial charge in [0.25, 0.3) is 5.91 Å². The molecule has 1 aliphatic rings. The molecule has 86 valence electrons. The number of nitrogens with one attached hydrogen (secondary N) is 2. The van der Waals surface area contributed by atoms with Crippen LogP contribution in [0.25, 0.3) is 0 Å². The molecule has 2 aromatic rings. The first-order valence-electron chi connectivity index (χ1n) is 4.93. The van der Waals surface area contributed by atoms with E-state index >= 15 is 0 Å². The van der Waals surface area contributed by atoms with Crippen molar-refractivity contribution in [2.75, 3.05) is 5.32 Å². The van der Waals surface area contributed by atoms with Crippen molar-refractivity contribution in [3.05, 3.63) is 48.3 Å². The summed E-state index contributed by atoms with van der Waals surface area (Å²) in [5, 5.41) is 2.80. The third-order valence-corrected chi connectivity index (χ3v) is 2.43. The quantitative estimate of drug-likeness (QED) is 0.641. The lowest BCUT2D eigenvalue weighted by molar-refractivity contribution is -0.378. The summed E-state index contributed by atoms with van der Waals surface area (Å²) in [5.74, 6) is 1.02. The standard InChI is InChI=1S/C12H8N2O2.ClH/c15-12-8-5-6-13-7-11(8)16-10-4-2-1-3-9(10)14-12;/h1-7H,(H,14,15);1H. The van der Waals surface area contributed by atoms with Gasteiger partial charge in [-0.15, -0.1) is 0 Å². The predicted molar refractivity (Wildman–Crippen MR) is 57.5 cm³/mol. The van der Waals surface area contributed by atoms with Crippen molar-refractivity contribution in [2.24, 2.45) is 0 Å². The molecule has 0 bridgehead atoms. The van der Waals surface area contributed by atoms with Crippen LogP contribution in [0.2, 0.25) is 0 Å². The van der Waals surface area contributed by atoms with Crippen molar-refractivity contribution in [1.82, 2.24) is 0 Å². The van der Waals surface area contributed by atoms with Gasteiger partial charge >= 0.3 is 0 Å². The number of halogens is 1. The zero-order valence-corrected chi connectivity index (χ0v) is 9.49. The third-order valence-electron chi connectivity index (χ3n) is 2.43. The summed E-state index contributed by atoms with van der Waals surface area (Å²) in [5.41, 5.74) is 1.21. The maximum Gasteiger partial charge on any atom is 0.260 e. The number of pyridine rings is 1. The number of carbonyl (C=O) groups is 1. The fourth-order valence-electron chi connectivity index (χ4n) is 1.65. The van der Waals surface area contributed by atoms with Crippen LogP contribution in [0, 0.1) is 0 Å². The SMILES string of the molecule is O=C1Nc2ccccc2Oc2c[nH+]ccc21.[Cl-]. The summed E-state index contributed by atoms with van der Waals surface area (Å²) >= 11 is 0. The number of hydrogen-bond donors (Lipinski definition) is 1. The number of hydrogen-bond acceptors (Lipinski definition) is 2. The van der Waals surface area contributed by atoms with Crippen LogP contribution >= 0.6 is 0 Å². The zero-order valence-electron chi connectivity index (χ0n) is 8.74. The van der Waals surface area contributed by atoms with Crippen LogP contribution in [0.4, 0.5) is 5.69 Å². The first kappa shape index (κ1) is 11.4. The van der Waals surface area contributed by atoms with Crippen LogP contribution < -0.4 is 27.4 Å². The molecule has 0 atom stereocenters. The topological polar surface area (TPSA) is 52.5 Å². The summed E-state index contributed by atoms with van der Waals surface area (Å²) in [6.45, 7) is 0. The normalized spacial score (nSPS) is 12.1. The fourth-order valence-corrected chi connectivity index (χ4v) is 1.65. The second-order valence-electron chi connectivity index (χ2n) is 3.47. The van der Waals surface area contributed by atoms with Gasteiger partial charge in [-0.1, -0.05) is 12.1 Å². The molecule has 4 nitrogen and oxygen atoms in total. The molecule has 0 aliphatic carbocycles. The number of carbonyl (C=O) groups excluding carboxylic acids is 1. The Morgan fingerprint density at radius 1 is 1.12 bits per heavy atom. The molecular weight excluding hydrogens is 240 g/mol. The van der Waals surface area contributed by atoms with Crippen molar-refractivity contribution in [3.63, 3.8) is 0 Å². The second kappa shape index (κ2) is 4.43. The van der Waals surface area contributed by atoms with E-state index in [0.717, 1.165) is 0 Å². The van der Waals surface area contributed by atoms with Crippen molar-refractivity contribution in [3.8, 4) is 11.5 Å². The van der Waals surface area contributed by atoms with Gasteiger partial charge < -0.3 is 22.5 Å². The number of fused-ring (bicyclic) bond motifs is 2. The zero-order chi connectivity index (χ0) is 11.0. The van der Waals surface area contributed by atoms with Gasteiger partial charge in [-0.05, 0) is 12.1 Å². The molecule has 1 aromatic heterocycles. The van der Waals surface area contributed by atoms with Gasteiger partial charge in [-0.25, -0.2) is 4.98 Å². The van der Waals surface area contributed by atoms with E-state index in [1.165, 1.54) is 0 Å². The van der Waals surface area contributed by atoms with Gasteiger partial charge in [0, 0.05) is 6.07 Å². The number of para-hydroxylation sites is 2. The maximum atomic E-state index is 11.9. The highest BCUT2D eigenvalue weighted by Crippen LogP contribution is 2.33. The monoisotopic (exact) mass is 248 g/mol. The van der Waals surface area contributed by atoms with Gasteiger partial charge in [0.1, 0.15) is 0 Å². The Balaban J connectivity index is 0.00000108. The van der Waals surface area contributed by atoms with Gasteiger partial charge in [0.2, 0.25) is 11.9 Å². The van der Waals surface area contributed by atoms with E-state index in [1.54, 1.807) is 18.5 Å². The Morgan fingerprint density at radius 2 is 1.94 bits per heavy atom. The highest BCUT2D eigenvalue weighted by Gasteiger charge is 2.21. The molecule has 0 spiro atoms. The van der Waals surface area contributed by atoms with Crippen molar-refractivity contribution >= 4 is 11.6 Å². The molecule has 3 rings (SSSR count). The molecule has 1 amide bonds. The molecule has 0 saturated heterocycles. The van der Waals surface area contributed by atoms with Gasteiger partial charge in [-0.2, -0.15) is 0 Å². The van der Waals surface area contributed by atoms with Crippen molar-refractivity contribution in [2.45, 2.75) is 0 Å². The van der Waals surface area contributed by atoms with Crippen molar-refractivity contribution < 1.29 is 26.9 Å². The lowest BCUT2D eigenvalue weighted by atomic mass is 10.2. The average Bonchev–Trinajstić information content (AvgIpc) is 2.45. The second-order valence-corrected chi connectivity index (χ2v) is 3.47. The van der Waals surface area contributed by atoms with Gasteiger partial charge in [-0.3, -0.25) is 4.79 Å². The number of rotatable bonds is 0. The maximum absolute atomic E-state index is 11.9. The molecule has 0 unspecified atom stereocenters. The Labute approximate surface area is 104 Å². The van der Waals surface area contributed by atoms with Crippen LogP contribution in [0.1, 0.15) is 10.4 Å². The molecule has 2 heterocycles. The predicted octanol–water partition coefficient (Wildman–Crippen LogP) is -1.14. The Hall–Kier alpha value is -2.07. The molecule has 0 fully saturated rings. The van der Waals surface area contributed by atoms with Crippen LogP contribution in [0.3, 0.4) is 0 Å². The van der Waals surface area contributed by atoms with E-state index in [0.29, 0.717) is 22.7 Å². The summed E-state index contributed by atoms with van der Waals surface area (Å²) in [4.78, 5) is 14.8. The minimum Gasteiger partial charge on any atom is -1.00 e. The number of ether oxygens (including phenoxy) is 1. The molecule has 0 radical (unpaired) electrons. The van der Waals surface area contributed by atoms with E-state index in [2.05, 4.69) is 10.3 Å². The van der Waals surface area contributed by atoms with Crippen LogP contribution in [-0.4, -0.2) is 5.91 Å². The van der Waals surface area contributed by atoms with E-state index in [-0.39, 0.29) is 18.3 Å². The minimum absolute atomic E-state index is 0. The molecule has 5 heteroatoms. The van der Waals surface area contributed by atoms with Gasteiger partial charge in [0.15, 0.2) is 11.9 Å². The van der Waals surface area contributed by atoms with Crippen LogP contribution in [0.5, 0.6) is 11.5 Å². The number of amides is 1. The molecule has 2 N–H and O–H groups in total. The third kappa shape index (κ3) is 1.94. The highest BCUT2D eigenvalue weighted by molar-refractivity contribution is 6.07. The molecular formula is C12H9ClN2O2. The fraction of sp³-hybridized carbons (Fsp3) is 0. The molecule has 1 aliphatic heterocycles. The summed E-state index contributed by atoms with van der Waals surface area (Å²) in [6.07, 6.45) is 3.36.